The van der Waals surface area contributed by atoms with Crippen LogP contribution in [-0.2, 0) is 10.0 Å². The van der Waals surface area contributed by atoms with Crippen LogP contribution in [0.1, 0.15) is 32.1 Å². The minimum atomic E-state index is -3.59. The van der Waals surface area contributed by atoms with Crippen molar-refractivity contribution >= 4 is 15.7 Å². The van der Waals surface area contributed by atoms with Gasteiger partial charge in [0.1, 0.15) is 10.6 Å². The van der Waals surface area contributed by atoms with Gasteiger partial charge in [0.25, 0.3) is 0 Å². The maximum Gasteiger partial charge on any atom is 0.249 e. The van der Waals surface area contributed by atoms with Crippen molar-refractivity contribution in [3.05, 3.63) is 18.2 Å². The number of hydrogen-bond acceptors (Lipinski definition) is 5. The summed E-state index contributed by atoms with van der Waals surface area (Å²) in [5.41, 5.74) is 0.677. The molecule has 1 saturated heterocycles. The summed E-state index contributed by atoms with van der Waals surface area (Å²) < 4.78 is 34.2. The summed E-state index contributed by atoms with van der Waals surface area (Å²) in [6.07, 6.45) is 4.44. The zero-order chi connectivity index (χ0) is 16.7. The van der Waals surface area contributed by atoms with E-state index >= 15 is 0 Å². The predicted molar refractivity (Wildman–Crippen MR) is 90.9 cm³/mol. The van der Waals surface area contributed by atoms with Crippen molar-refractivity contribution in [2.45, 2.75) is 49.1 Å². The predicted octanol–water partition coefficient (Wildman–Crippen LogP) is 1.58. The quantitative estimate of drug-likeness (QED) is 0.894. The molecule has 0 aromatic heterocycles. The Morgan fingerprint density at radius 1 is 1.17 bits per heavy atom. The number of aliphatic hydroxyl groups is 1. The molecule has 2 heterocycles. The second-order valence-corrected chi connectivity index (χ2v) is 8.65. The largest absolute Gasteiger partial charge is 0.492 e. The highest BCUT2D eigenvalue weighted by atomic mass is 32.2. The van der Waals surface area contributed by atoms with Gasteiger partial charge < -0.3 is 14.7 Å². The first-order valence-corrected chi connectivity index (χ1v) is 10.2. The fourth-order valence-corrected chi connectivity index (χ4v) is 5.87. The molecular weight excluding hydrogens is 328 g/mol. The fourth-order valence-electron chi connectivity index (χ4n) is 3.83. The number of fused-ring (bicyclic) bond motifs is 1. The molecule has 2 fully saturated rings. The normalized spacial score (nSPS) is 27.2. The van der Waals surface area contributed by atoms with Crippen LogP contribution in [0, 0.1) is 0 Å². The molecule has 1 atom stereocenters. The number of rotatable bonds is 3. The highest BCUT2D eigenvalue weighted by Gasteiger charge is 2.42. The zero-order valence-corrected chi connectivity index (χ0v) is 14.5. The second-order valence-electron chi connectivity index (χ2n) is 6.83. The zero-order valence-electron chi connectivity index (χ0n) is 13.7. The molecule has 1 aromatic carbocycles. The van der Waals surface area contributed by atoms with Crippen molar-refractivity contribution < 1.29 is 18.3 Å². The topological polar surface area (TPSA) is 70.1 Å². The van der Waals surface area contributed by atoms with Crippen LogP contribution in [-0.4, -0.2) is 56.2 Å². The first kappa shape index (κ1) is 16.2. The smallest absolute Gasteiger partial charge is 0.249 e. The molecule has 1 aromatic rings. The lowest BCUT2D eigenvalue weighted by atomic mass is 10.2. The fraction of sp³-hybridized carbons (Fsp3) is 0.647. The van der Waals surface area contributed by atoms with Crippen LogP contribution in [0.25, 0.3) is 0 Å². The Labute approximate surface area is 143 Å². The van der Waals surface area contributed by atoms with Gasteiger partial charge in [-0.2, -0.15) is 4.31 Å². The van der Waals surface area contributed by atoms with Gasteiger partial charge in [-0.15, -0.1) is 0 Å². The Balaban J connectivity index is 1.84. The lowest BCUT2D eigenvalue weighted by Crippen LogP contribution is -2.39. The van der Waals surface area contributed by atoms with Crippen LogP contribution in [0.15, 0.2) is 23.1 Å². The maximum atomic E-state index is 13.4. The van der Waals surface area contributed by atoms with Crippen LogP contribution in [0.3, 0.4) is 0 Å². The highest BCUT2D eigenvalue weighted by Crippen LogP contribution is 2.42. The molecule has 24 heavy (non-hydrogen) atoms. The van der Waals surface area contributed by atoms with Crippen LogP contribution in [0.5, 0.6) is 5.75 Å². The number of hydrogen-bond donors (Lipinski definition) is 1. The van der Waals surface area contributed by atoms with Crippen LogP contribution >= 0.6 is 0 Å². The van der Waals surface area contributed by atoms with E-state index < -0.39 is 10.0 Å². The Morgan fingerprint density at radius 3 is 2.75 bits per heavy atom. The standard InChI is InChI=1S/C17H24N2O4S/c20-12-14-4-2-9-18(14)15-5-1-6-16-17(15)24(21,22)19(13-7-8-13)10-3-11-23-16/h1,5-6,13-14,20H,2-4,7-12H2/t14-/m1/s1. The summed E-state index contributed by atoms with van der Waals surface area (Å²) >= 11 is 0. The number of sulfonamides is 1. The lowest BCUT2D eigenvalue weighted by molar-refractivity contribution is 0.262. The van der Waals surface area contributed by atoms with Gasteiger partial charge in [0.15, 0.2) is 0 Å². The van der Waals surface area contributed by atoms with Crippen LogP contribution in [0.4, 0.5) is 5.69 Å². The van der Waals surface area contributed by atoms with Crippen molar-refractivity contribution in [3.63, 3.8) is 0 Å². The molecule has 0 amide bonds. The SMILES string of the molecule is O=S1(=O)c2c(cccc2N2CCC[C@@H]2CO)OCCCN1C1CC1. The Hall–Kier alpha value is -1.31. The van der Waals surface area contributed by atoms with E-state index in [1.54, 1.807) is 10.4 Å². The second kappa shape index (κ2) is 6.20. The van der Waals surface area contributed by atoms with Gasteiger partial charge >= 0.3 is 0 Å². The van der Waals surface area contributed by atoms with Crippen LogP contribution < -0.4 is 9.64 Å². The van der Waals surface area contributed by atoms with Crippen molar-refractivity contribution in [1.82, 2.24) is 4.31 Å². The van der Waals surface area contributed by atoms with Gasteiger partial charge in [-0.05, 0) is 44.2 Å². The van der Waals surface area contributed by atoms with Gasteiger partial charge in [0.2, 0.25) is 10.0 Å². The van der Waals surface area contributed by atoms with E-state index in [1.807, 2.05) is 17.0 Å². The number of nitrogens with zero attached hydrogens (tertiary/aromatic N) is 2. The molecule has 4 rings (SSSR count). The minimum Gasteiger partial charge on any atom is -0.492 e. The summed E-state index contributed by atoms with van der Waals surface area (Å²) in [4.78, 5) is 2.32. The maximum absolute atomic E-state index is 13.4. The Morgan fingerprint density at radius 2 is 2.00 bits per heavy atom. The van der Waals surface area contributed by atoms with E-state index in [9.17, 15) is 13.5 Å². The molecule has 0 bridgehead atoms. The molecule has 2 aliphatic heterocycles. The number of ether oxygens (including phenoxy) is 1. The average Bonchev–Trinajstić information content (AvgIpc) is 3.28. The minimum absolute atomic E-state index is 0.0217. The third-order valence-electron chi connectivity index (χ3n) is 5.16. The summed E-state index contributed by atoms with van der Waals surface area (Å²) in [6.45, 7) is 1.85. The van der Waals surface area contributed by atoms with E-state index in [-0.39, 0.29) is 23.6 Å². The molecular formula is C17H24N2O4S. The van der Waals surface area contributed by atoms with Crippen molar-refractivity contribution in [2.24, 2.45) is 0 Å². The van der Waals surface area contributed by atoms with E-state index in [4.69, 9.17) is 4.74 Å². The molecule has 6 nitrogen and oxygen atoms in total. The average molecular weight is 352 g/mol. The first-order chi connectivity index (χ1) is 11.6. The number of anilines is 1. The lowest BCUT2D eigenvalue weighted by Gasteiger charge is -2.32. The van der Waals surface area contributed by atoms with Gasteiger partial charge in [-0.25, -0.2) is 8.42 Å². The monoisotopic (exact) mass is 352 g/mol. The molecule has 0 unspecified atom stereocenters. The van der Waals surface area contributed by atoms with Crippen molar-refractivity contribution in [3.8, 4) is 5.75 Å². The summed E-state index contributed by atoms with van der Waals surface area (Å²) in [5.74, 6) is 0.446. The highest BCUT2D eigenvalue weighted by molar-refractivity contribution is 7.89. The van der Waals surface area contributed by atoms with E-state index in [2.05, 4.69) is 0 Å². The molecule has 1 N–H and O–H groups in total. The molecule has 1 saturated carbocycles. The first-order valence-electron chi connectivity index (χ1n) is 8.78. The van der Waals surface area contributed by atoms with E-state index in [0.717, 1.165) is 32.2 Å². The third kappa shape index (κ3) is 2.68. The van der Waals surface area contributed by atoms with E-state index in [1.165, 1.54) is 0 Å². The molecule has 0 radical (unpaired) electrons. The Kier molecular flexibility index (Phi) is 4.18. The summed E-state index contributed by atoms with van der Waals surface area (Å²) in [6, 6.07) is 5.56. The van der Waals surface area contributed by atoms with E-state index in [0.29, 0.717) is 31.0 Å². The number of benzene rings is 1. The third-order valence-corrected chi connectivity index (χ3v) is 7.18. The van der Waals surface area contributed by atoms with Gasteiger partial charge in [0.05, 0.1) is 24.9 Å². The van der Waals surface area contributed by atoms with Crippen molar-refractivity contribution in [1.29, 1.82) is 0 Å². The summed E-state index contributed by atoms with van der Waals surface area (Å²) in [7, 11) is -3.59. The molecule has 0 spiro atoms. The number of aliphatic hydroxyl groups excluding tert-OH is 1. The Bertz CT molecular complexity index is 717. The van der Waals surface area contributed by atoms with Crippen LogP contribution in [0.2, 0.25) is 0 Å². The molecule has 132 valence electrons. The van der Waals surface area contributed by atoms with Gasteiger partial charge in [0, 0.05) is 19.1 Å². The van der Waals surface area contributed by atoms with Gasteiger partial charge in [-0.1, -0.05) is 6.07 Å². The molecule has 1 aliphatic carbocycles. The molecule has 7 heteroatoms. The van der Waals surface area contributed by atoms with Crippen molar-refractivity contribution in [2.75, 3.05) is 31.2 Å². The molecule has 3 aliphatic rings. The van der Waals surface area contributed by atoms with Gasteiger partial charge in [-0.3, -0.25) is 0 Å². The summed E-state index contributed by atoms with van der Waals surface area (Å²) in [5, 5.41) is 9.65.